The first-order valence-electron chi connectivity index (χ1n) is 5.92. The smallest absolute Gasteiger partial charge is 0.274 e. The van der Waals surface area contributed by atoms with Gasteiger partial charge in [0, 0.05) is 13.0 Å². The van der Waals surface area contributed by atoms with Gasteiger partial charge in [-0.05, 0) is 25.0 Å². The maximum Gasteiger partial charge on any atom is 0.389 e. The van der Waals surface area contributed by atoms with Gasteiger partial charge >= 0.3 is 6.18 Å². The Morgan fingerprint density at radius 2 is 1.47 bits per heavy atom. The zero-order chi connectivity index (χ0) is 14.0. The number of nitrogens with zero attached hydrogens (tertiary/aromatic N) is 1. The first kappa shape index (κ1) is 13.6. The van der Waals surface area contributed by atoms with Crippen molar-refractivity contribution in [3.8, 4) is 0 Å². The molecule has 1 aromatic carbocycles. The van der Waals surface area contributed by atoms with Crippen LogP contribution in [0.5, 0.6) is 0 Å². The molecule has 1 aromatic rings. The number of unbranched alkanes of at least 4 members (excludes halogenated alkanes) is 1. The van der Waals surface area contributed by atoms with Crippen molar-refractivity contribution in [3.05, 3.63) is 35.4 Å². The van der Waals surface area contributed by atoms with Crippen LogP contribution in [-0.4, -0.2) is 29.4 Å². The van der Waals surface area contributed by atoms with Gasteiger partial charge in [-0.25, -0.2) is 0 Å². The highest BCUT2D eigenvalue weighted by molar-refractivity contribution is 6.21. The Balaban J connectivity index is 1.94. The van der Waals surface area contributed by atoms with Gasteiger partial charge in [0.15, 0.2) is 0 Å². The fourth-order valence-corrected chi connectivity index (χ4v) is 2.04. The van der Waals surface area contributed by atoms with E-state index in [2.05, 4.69) is 0 Å². The molecular formula is C13H12F3NO2. The minimum absolute atomic E-state index is 0.0302. The number of hydrogen-bond donors (Lipinski definition) is 0. The van der Waals surface area contributed by atoms with Gasteiger partial charge in [-0.15, -0.1) is 0 Å². The van der Waals surface area contributed by atoms with Crippen LogP contribution < -0.4 is 0 Å². The molecule has 0 unspecified atom stereocenters. The average molecular weight is 271 g/mol. The molecule has 6 heteroatoms. The van der Waals surface area contributed by atoms with Crippen molar-refractivity contribution in [1.82, 2.24) is 4.90 Å². The first-order chi connectivity index (χ1) is 8.90. The zero-order valence-corrected chi connectivity index (χ0v) is 10.0. The molecule has 0 aromatic heterocycles. The lowest BCUT2D eigenvalue weighted by Gasteiger charge is -2.13. The van der Waals surface area contributed by atoms with E-state index in [-0.39, 0.29) is 19.4 Å². The fraction of sp³-hybridized carbons (Fsp3) is 0.385. The average Bonchev–Trinajstić information content (AvgIpc) is 2.58. The SMILES string of the molecule is O=C1c2ccccc2C(=O)N1CCCCC(F)(F)F. The maximum absolute atomic E-state index is 12.0. The van der Waals surface area contributed by atoms with Crippen molar-refractivity contribution in [2.45, 2.75) is 25.4 Å². The summed E-state index contributed by atoms with van der Waals surface area (Å²) in [6.45, 7) is 0.0302. The van der Waals surface area contributed by atoms with E-state index < -0.39 is 24.4 Å². The van der Waals surface area contributed by atoms with Crippen LogP contribution in [0.25, 0.3) is 0 Å². The van der Waals surface area contributed by atoms with Crippen LogP contribution in [0.2, 0.25) is 0 Å². The zero-order valence-electron chi connectivity index (χ0n) is 10.0. The molecule has 0 atom stereocenters. The number of fused-ring (bicyclic) bond motifs is 1. The lowest BCUT2D eigenvalue weighted by atomic mass is 10.1. The topological polar surface area (TPSA) is 37.4 Å². The third kappa shape index (κ3) is 2.94. The van der Waals surface area contributed by atoms with Crippen molar-refractivity contribution in [3.63, 3.8) is 0 Å². The van der Waals surface area contributed by atoms with E-state index in [0.29, 0.717) is 11.1 Å². The standard InChI is InChI=1S/C13H12F3NO2/c14-13(15,16)7-3-4-8-17-11(18)9-5-1-2-6-10(9)12(17)19/h1-2,5-6H,3-4,7-8H2. The molecule has 0 saturated carbocycles. The minimum atomic E-state index is -4.19. The Bertz CT molecular complexity index is 476. The Morgan fingerprint density at radius 3 is 1.95 bits per heavy atom. The van der Waals surface area contributed by atoms with Gasteiger partial charge in [0.1, 0.15) is 0 Å². The number of amides is 2. The summed E-state index contributed by atoms with van der Waals surface area (Å²) in [5, 5.41) is 0. The van der Waals surface area contributed by atoms with Crippen molar-refractivity contribution in [2.24, 2.45) is 0 Å². The summed E-state index contributed by atoms with van der Waals surface area (Å²) in [5.41, 5.74) is 0.645. The van der Waals surface area contributed by atoms with E-state index in [1.807, 2.05) is 0 Å². The Morgan fingerprint density at radius 1 is 0.947 bits per heavy atom. The number of hydrogen-bond acceptors (Lipinski definition) is 2. The summed E-state index contributed by atoms with van der Waals surface area (Å²) in [6, 6.07) is 6.39. The number of carbonyl (C=O) groups excluding carboxylic acids is 2. The second-order valence-corrected chi connectivity index (χ2v) is 4.38. The molecule has 1 heterocycles. The van der Waals surface area contributed by atoms with E-state index in [0.717, 1.165) is 4.90 Å². The normalized spacial score (nSPS) is 15.0. The molecule has 3 nitrogen and oxygen atoms in total. The van der Waals surface area contributed by atoms with E-state index in [1.54, 1.807) is 24.3 Å². The van der Waals surface area contributed by atoms with Crippen LogP contribution in [-0.2, 0) is 0 Å². The van der Waals surface area contributed by atoms with Crippen molar-refractivity contribution >= 4 is 11.8 Å². The first-order valence-corrected chi connectivity index (χ1v) is 5.92. The second-order valence-electron chi connectivity index (χ2n) is 4.38. The predicted octanol–water partition coefficient (Wildman–Crippen LogP) is 3.02. The fourth-order valence-electron chi connectivity index (χ4n) is 2.04. The molecule has 0 fully saturated rings. The lowest BCUT2D eigenvalue weighted by Crippen LogP contribution is -2.30. The molecule has 1 aliphatic heterocycles. The van der Waals surface area contributed by atoms with Gasteiger partial charge in [-0.1, -0.05) is 12.1 Å². The molecule has 1 aliphatic rings. The quantitative estimate of drug-likeness (QED) is 0.623. The van der Waals surface area contributed by atoms with Gasteiger partial charge in [0.25, 0.3) is 11.8 Å². The van der Waals surface area contributed by atoms with Gasteiger partial charge in [0.2, 0.25) is 0 Å². The monoisotopic (exact) mass is 271 g/mol. The van der Waals surface area contributed by atoms with E-state index in [9.17, 15) is 22.8 Å². The summed E-state index contributed by atoms with van der Waals surface area (Å²) < 4.78 is 35.9. The number of imide groups is 1. The molecule has 0 bridgehead atoms. The van der Waals surface area contributed by atoms with E-state index >= 15 is 0 Å². The van der Waals surface area contributed by atoms with E-state index in [1.165, 1.54) is 0 Å². The maximum atomic E-state index is 12.0. The van der Waals surface area contributed by atoms with Gasteiger partial charge < -0.3 is 0 Å². The number of carbonyl (C=O) groups is 2. The van der Waals surface area contributed by atoms with E-state index in [4.69, 9.17) is 0 Å². The molecule has 0 radical (unpaired) electrons. The lowest BCUT2D eigenvalue weighted by molar-refractivity contribution is -0.135. The summed E-state index contributed by atoms with van der Waals surface area (Å²) in [4.78, 5) is 24.8. The molecule has 0 N–H and O–H groups in total. The molecule has 2 amide bonds. The van der Waals surface area contributed by atoms with Gasteiger partial charge in [-0.3, -0.25) is 14.5 Å². The van der Waals surface area contributed by atoms with Crippen molar-refractivity contribution < 1.29 is 22.8 Å². The third-order valence-corrected chi connectivity index (χ3v) is 2.97. The van der Waals surface area contributed by atoms with Gasteiger partial charge in [-0.2, -0.15) is 13.2 Å². The Kier molecular flexibility index (Phi) is 3.59. The number of alkyl halides is 3. The van der Waals surface area contributed by atoms with Crippen molar-refractivity contribution in [2.75, 3.05) is 6.54 Å². The predicted molar refractivity (Wildman–Crippen MR) is 61.7 cm³/mol. The highest BCUT2D eigenvalue weighted by atomic mass is 19.4. The Labute approximate surface area is 108 Å². The van der Waals surface area contributed by atoms with Crippen molar-refractivity contribution in [1.29, 1.82) is 0 Å². The highest BCUT2D eigenvalue weighted by Crippen LogP contribution is 2.25. The summed E-state index contributed by atoms with van der Waals surface area (Å²) in [7, 11) is 0. The molecule has 102 valence electrons. The molecular weight excluding hydrogens is 259 g/mol. The molecule has 2 rings (SSSR count). The largest absolute Gasteiger partial charge is 0.389 e. The number of rotatable bonds is 4. The van der Waals surface area contributed by atoms with Crippen LogP contribution in [0.4, 0.5) is 13.2 Å². The number of benzene rings is 1. The third-order valence-electron chi connectivity index (χ3n) is 2.97. The van der Waals surface area contributed by atoms with Crippen LogP contribution in [0.3, 0.4) is 0 Å². The number of halogens is 3. The molecule has 0 aliphatic carbocycles. The van der Waals surface area contributed by atoms with Crippen LogP contribution in [0.15, 0.2) is 24.3 Å². The second kappa shape index (κ2) is 5.03. The van der Waals surface area contributed by atoms with Gasteiger partial charge in [0.05, 0.1) is 11.1 Å². The highest BCUT2D eigenvalue weighted by Gasteiger charge is 2.34. The molecule has 19 heavy (non-hydrogen) atoms. The van der Waals surface area contributed by atoms with Crippen LogP contribution in [0, 0.1) is 0 Å². The summed E-state index contributed by atoms with van der Waals surface area (Å²) in [5.74, 6) is -0.847. The van der Waals surface area contributed by atoms with Crippen LogP contribution >= 0.6 is 0 Å². The molecule has 0 saturated heterocycles. The molecule has 0 spiro atoms. The summed E-state index contributed by atoms with van der Waals surface area (Å²) >= 11 is 0. The Hall–Kier alpha value is -1.85. The summed E-state index contributed by atoms with van der Waals surface area (Å²) in [6.07, 6.45) is -5.01. The van der Waals surface area contributed by atoms with Crippen LogP contribution in [0.1, 0.15) is 40.0 Å². The minimum Gasteiger partial charge on any atom is -0.274 e.